The Balaban J connectivity index is 0. The van der Waals surface area contributed by atoms with Crippen LogP contribution in [0.15, 0.2) is 18.2 Å². The molecule has 1 N–H and O–H groups in total. The lowest BCUT2D eigenvalue weighted by atomic mass is 10.2. The molecule has 3 nitrogen and oxygen atoms in total. The highest BCUT2D eigenvalue weighted by Gasteiger charge is 2.04. The molecule has 1 aromatic carbocycles. The van der Waals surface area contributed by atoms with E-state index in [0.717, 1.165) is 36.0 Å². The predicted molar refractivity (Wildman–Crippen MR) is 87.4 cm³/mol. The number of hydrogen-bond acceptors (Lipinski definition) is 3. The molecule has 0 bridgehead atoms. The minimum Gasteiger partial charge on any atom is -0.494 e. The summed E-state index contributed by atoms with van der Waals surface area (Å²) < 4.78 is 5.56. The number of likely N-dealkylation sites (N-methyl/N-ethyl adjacent to an activating group) is 1. The van der Waals surface area contributed by atoms with Crippen molar-refractivity contribution in [3.63, 3.8) is 0 Å². The number of halogens is 3. The van der Waals surface area contributed by atoms with Crippen molar-refractivity contribution in [3.05, 3.63) is 28.8 Å². The number of benzene rings is 1. The van der Waals surface area contributed by atoms with Gasteiger partial charge in [0.1, 0.15) is 5.75 Å². The molecule has 1 rings (SSSR count). The predicted octanol–water partition coefficient (Wildman–Crippen LogP) is 3.23. The normalized spacial score (nSPS) is 9.74. The first-order valence-corrected chi connectivity index (χ1v) is 6.28. The van der Waals surface area contributed by atoms with Crippen LogP contribution in [0.2, 0.25) is 5.02 Å². The van der Waals surface area contributed by atoms with Crippen molar-refractivity contribution in [2.45, 2.75) is 13.5 Å². The van der Waals surface area contributed by atoms with E-state index in [1.54, 1.807) is 0 Å². The van der Waals surface area contributed by atoms with Crippen LogP contribution in [-0.4, -0.2) is 38.7 Å². The molecule has 1 aromatic rings. The van der Waals surface area contributed by atoms with Gasteiger partial charge in [-0.15, -0.1) is 24.8 Å². The molecule has 112 valence electrons. The van der Waals surface area contributed by atoms with Crippen LogP contribution in [0.5, 0.6) is 5.75 Å². The highest BCUT2D eigenvalue weighted by Crippen LogP contribution is 2.22. The molecule has 0 aliphatic carbocycles. The minimum atomic E-state index is 0. The molecule has 6 heteroatoms. The second-order valence-corrected chi connectivity index (χ2v) is 4.60. The molecular weight excluding hydrogens is 307 g/mol. The van der Waals surface area contributed by atoms with Gasteiger partial charge in [-0.3, -0.25) is 0 Å². The maximum absolute atomic E-state index is 5.99. The van der Waals surface area contributed by atoms with E-state index in [-0.39, 0.29) is 24.8 Å². The van der Waals surface area contributed by atoms with E-state index in [0.29, 0.717) is 6.61 Å². The van der Waals surface area contributed by atoms with Gasteiger partial charge < -0.3 is 15.0 Å². The van der Waals surface area contributed by atoms with Gasteiger partial charge in [-0.25, -0.2) is 0 Å². The monoisotopic (exact) mass is 328 g/mol. The Morgan fingerprint density at radius 3 is 2.53 bits per heavy atom. The summed E-state index contributed by atoms with van der Waals surface area (Å²) in [5, 5.41) is 4.13. The quantitative estimate of drug-likeness (QED) is 0.777. The highest BCUT2D eigenvalue weighted by molar-refractivity contribution is 6.30. The number of rotatable bonds is 7. The lowest BCUT2D eigenvalue weighted by Crippen LogP contribution is -2.26. The summed E-state index contributed by atoms with van der Waals surface area (Å²) in [7, 11) is 4.12. The Morgan fingerprint density at radius 2 is 1.95 bits per heavy atom. The van der Waals surface area contributed by atoms with Crippen LogP contribution in [0.3, 0.4) is 0 Å². The van der Waals surface area contributed by atoms with E-state index in [2.05, 4.69) is 24.3 Å². The van der Waals surface area contributed by atoms with Gasteiger partial charge in [-0.05, 0) is 39.2 Å². The summed E-state index contributed by atoms with van der Waals surface area (Å²) in [6.07, 6.45) is 0. The Morgan fingerprint density at radius 1 is 1.26 bits per heavy atom. The van der Waals surface area contributed by atoms with Gasteiger partial charge in [0, 0.05) is 30.2 Å². The SMILES string of the molecule is CCOc1ccc(Cl)cc1CNCCN(C)C.Cl.Cl. The van der Waals surface area contributed by atoms with Gasteiger partial charge in [0.25, 0.3) is 0 Å². The van der Waals surface area contributed by atoms with Gasteiger partial charge in [0.05, 0.1) is 6.61 Å². The maximum atomic E-state index is 5.99. The van der Waals surface area contributed by atoms with E-state index in [9.17, 15) is 0 Å². The average molecular weight is 330 g/mol. The third-order valence-electron chi connectivity index (χ3n) is 2.37. The van der Waals surface area contributed by atoms with Crippen molar-refractivity contribution in [1.29, 1.82) is 0 Å². The van der Waals surface area contributed by atoms with Gasteiger partial charge >= 0.3 is 0 Å². The first-order chi connectivity index (χ1) is 8.13. The number of nitrogens with zero attached hydrogens (tertiary/aromatic N) is 1. The van der Waals surface area contributed by atoms with Crippen LogP contribution in [0.25, 0.3) is 0 Å². The number of hydrogen-bond donors (Lipinski definition) is 1. The van der Waals surface area contributed by atoms with Crippen molar-refractivity contribution in [2.75, 3.05) is 33.8 Å². The molecule has 0 fully saturated rings. The van der Waals surface area contributed by atoms with Crippen LogP contribution < -0.4 is 10.1 Å². The van der Waals surface area contributed by atoms with Crippen molar-refractivity contribution in [3.8, 4) is 5.75 Å². The van der Waals surface area contributed by atoms with Crippen molar-refractivity contribution >= 4 is 36.4 Å². The second-order valence-electron chi connectivity index (χ2n) is 4.17. The Bertz CT molecular complexity index is 349. The molecule has 0 spiro atoms. The number of nitrogens with one attached hydrogen (secondary N) is 1. The molecule has 0 radical (unpaired) electrons. The molecule has 0 aliphatic heterocycles. The molecule has 0 amide bonds. The van der Waals surface area contributed by atoms with Crippen molar-refractivity contribution in [2.24, 2.45) is 0 Å². The molecule has 0 saturated carbocycles. The minimum absolute atomic E-state index is 0. The fourth-order valence-corrected chi connectivity index (χ4v) is 1.70. The first kappa shape index (κ1) is 21.1. The molecule has 0 atom stereocenters. The molecule has 0 saturated heterocycles. The van der Waals surface area contributed by atoms with E-state index in [1.165, 1.54) is 0 Å². The summed E-state index contributed by atoms with van der Waals surface area (Å²) in [4.78, 5) is 2.15. The van der Waals surface area contributed by atoms with E-state index < -0.39 is 0 Å². The highest BCUT2D eigenvalue weighted by atomic mass is 35.5. The third-order valence-corrected chi connectivity index (χ3v) is 2.61. The van der Waals surface area contributed by atoms with Gasteiger partial charge in [-0.1, -0.05) is 11.6 Å². The van der Waals surface area contributed by atoms with Crippen LogP contribution in [0.1, 0.15) is 12.5 Å². The van der Waals surface area contributed by atoms with Gasteiger partial charge in [0.2, 0.25) is 0 Å². The van der Waals surface area contributed by atoms with Gasteiger partial charge in [-0.2, -0.15) is 0 Å². The standard InChI is InChI=1S/C13H21ClN2O.2ClH/c1-4-17-13-6-5-12(14)9-11(13)10-15-7-8-16(2)3;;/h5-6,9,15H,4,7-8,10H2,1-3H3;2*1H. The summed E-state index contributed by atoms with van der Waals surface area (Å²) in [5.41, 5.74) is 1.11. The fraction of sp³-hybridized carbons (Fsp3) is 0.538. The third kappa shape index (κ3) is 8.56. The zero-order valence-corrected chi connectivity index (χ0v) is 14.0. The zero-order valence-electron chi connectivity index (χ0n) is 11.6. The van der Waals surface area contributed by atoms with E-state index in [1.807, 2.05) is 25.1 Å². The summed E-state index contributed by atoms with van der Waals surface area (Å²) in [5.74, 6) is 0.911. The summed E-state index contributed by atoms with van der Waals surface area (Å²) in [6.45, 7) is 5.41. The number of ether oxygens (including phenoxy) is 1. The Labute approximate surface area is 133 Å². The molecule has 19 heavy (non-hydrogen) atoms. The average Bonchev–Trinajstić information content (AvgIpc) is 2.28. The molecule has 0 unspecified atom stereocenters. The molecular formula is C13H23Cl3N2O. The van der Waals surface area contributed by atoms with E-state index >= 15 is 0 Å². The van der Waals surface area contributed by atoms with Crippen molar-refractivity contribution < 1.29 is 4.74 Å². The molecule has 0 heterocycles. The topological polar surface area (TPSA) is 24.5 Å². The summed E-state index contributed by atoms with van der Waals surface area (Å²) >= 11 is 5.99. The Hall–Kier alpha value is -0.190. The molecule has 0 aromatic heterocycles. The largest absolute Gasteiger partial charge is 0.494 e. The van der Waals surface area contributed by atoms with Crippen LogP contribution in [-0.2, 0) is 6.54 Å². The summed E-state index contributed by atoms with van der Waals surface area (Å²) in [6, 6.07) is 5.74. The van der Waals surface area contributed by atoms with E-state index in [4.69, 9.17) is 16.3 Å². The first-order valence-electron chi connectivity index (χ1n) is 5.90. The lowest BCUT2D eigenvalue weighted by Gasteiger charge is -2.13. The van der Waals surface area contributed by atoms with Crippen molar-refractivity contribution in [1.82, 2.24) is 10.2 Å². The Kier molecular flexibility index (Phi) is 12.9. The smallest absolute Gasteiger partial charge is 0.123 e. The maximum Gasteiger partial charge on any atom is 0.123 e. The molecule has 0 aliphatic rings. The fourth-order valence-electron chi connectivity index (χ4n) is 1.51. The lowest BCUT2D eigenvalue weighted by molar-refractivity contribution is 0.334. The van der Waals surface area contributed by atoms with Crippen LogP contribution in [0.4, 0.5) is 0 Å². The second kappa shape index (κ2) is 11.6. The van der Waals surface area contributed by atoms with Crippen LogP contribution >= 0.6 is 36.4 Å². The van der Waals surface area contributed by atoms with Crippen LogP contribution in [0, 0.1) is 0 Å². The van der Waals surface area contributed by atoms with Gasteiger partial charge in [0.15, 0.2) is 0 Å². The zero-order chi connectivity index (χ0) is 12.7.